The molecule has 2 fully saturated rings. The molecule has 0 N–H and O–H groups in total. The summed E-state index contributed by atoms with van der Waals surface area (Å²) in [6, 6.07) is 2.54. The molecule has 0 aromatic carbocycles. The van der Waals surface area contributed by atoms with Crippen molar-refractivity contribution in [2.24, 2.45) is 5.92 Å². The fourth-order valence-corrected chi connectivity index (χ4v) is 3.90. The Kier molecular flexibility index (Phi) is 6.12. The number of amides is 1. The molecule has 0 spiro atoms. The van der Waals surface area contributed by atoms with Crippen molar-refractivity contribution in [3.05, 3.63) is 17.5 Å². The van der Waals surface area contributed by atoms with E-state index in [-0.39, 0.29) is 11.8 Å². The molecule has 0 saturated carbocycles. The van der Waals surface area contributed by atoms with E-state index in [9.17, 15) is 4.79 Å². The predicted molar refractivity (Wildman–Crippen MR) is 95.2 cm³/mol. The van der Waals surface area contributed by atoms with Gasteiger partial charge in [0.15, 0.2) is 0 Å². The quantitative estimate of drug-likeness (QED) is 0.818. The van der Waals surface area contributed by atoms with Gasteiger partial charge in [-0.3, -0.25) is 9.69 Å². The Bertz CT molecular complexity index is 566. The van der Waals surface area contributed by atoms with Crippen molar-refractivity contribution >= 4 is 5.91 Å². The van der Waals surface area contributed by atoms with E-state index in [0.29, 0.717) is 18.5 Å². The highest BCUT2D eigenvalue weighted by atomic mass is 16.5. The molecule has 1 aromatic rings. The Balaban J connectivity index is 1.55. The average Bonchev–Trinajstić information content (AvgIpc) is 3.11. The normalized spacial score (nSPS) is 23.1. The van der Waals surface area contributed by atoms with Crippen LogP contribution in [-0.2, 0) is 16.1 Å². The molecule has 0 aliphatic carbocycles. The number of ether oxygens (including phenoxy) is 1. The predicted octanol–water partition coefficient (Wildman–Crippen LogP) is 2.65. The lowest BCUT2D eigenvalue weighted by atomic mass is 9.93. The summed E-state index contributed by atoms with van der Waals surface area (Å²) in [6.07, 6.45) is 4.27. The van der Waals surface area contributed by atoms with Gasteiger partial charge in [-0.1, -0.05) is 19.0 Å². The van der Waals surface area contributed by atoms with Gasteiger partial charge in [0, 0.05) is 44.8 Å². The average molecular weight is 349 g/mol. The Labute approximate surface area is 150 Å². The molecule has 1 atom stereocenters. The van der Waals surface area contributed by atoms with Crippen LogP contribution >= 0.6 is 0 Å². The van der Waals surface area contributed by atoms with Crippen molar-refractivity contribution in [2.75, 3.05) is 33.4 Å². The van der Waals surface area contributed by atoms with Crippen LogP contribution in [0.4, 0.5) is 0 Å². The molecule has 6 nitrogen and oxygen atoms in total. The number of likely N-dealkylation sites (tertiary alicyclic amines) is 1. The van der Waals surface area contributed by atoms with Crippen LogP contribution < -0.4 is 0 Å². The van der Waals surface area contributed by atoms with Gasteiger partial charge >= 0.3 is 0 Å². The second-order valence-electron chi connectivity index (χ2n) is 7.75. The third-order valence-electron chi connectivity index (χ3n) is 5.43. The lowest BCUT2D eigenvalue weighted by molar-refractivity contribution is -0.137. The molecule has 140 valence electrons. The van der Waals surface area contributed by atoms with Crippen molar-refractivity contribution in [3.8, 4) is 0 Å². The highest BCUT2D eigenvalue weighted by Gasteiger charge is 2.32. The van der Waals surface area contributed by atoms with Crippen LogP contribution in [0, 0.1) is 5.92 Å². The van der Waals surface area contributed by atoms with Gasteiger partial charge < -0.3 is 14.2 Å². The van der Waals surface area contributed by atoms with E-state index in [0.717, 1.165) is 63.4 Å². The number of aromatic nitrogens is 1. The number of nitrogens with zero attached hydrogens (tertiary/aromatic N) is 3. The highest BCUT2D eigenvalue weighted by Crippen LogP contribution is 2.25. The van der Waals surface area contributed by atoms with E-state index in [1.165, 1.54) is 0 Å². The van der Waals surface area contributed by atoms with Gasteiger partial charge in [-0.15, -0.1) is 0 Å². The third kappa shape index (κ3) is 4.61. The second-order valence-corrected chi connectivity index (χ2v) is 7.75. The first kappa shape index (κ1) is 18.4. The number of hydrogen-bond acceptors (Lipinski definition) is 5. The third-order valence-corrected chi connectivity index (χ3v) is 5.43. The smallest absolute Gasteiger partial charge is 0.227 e. The maximum Gasteiger partial charge on any atom is 0.227 e. The molecule has 1 amide bonds. The summed E-state index contributed by atoms with van der Waals surface area (Å²) < 4.78 is 10.8. The van der Waals surface area contributed by atoms with Crippen molar-refractivity contribution < 1.29 is 14.1 Å². The summed E-state index contributed by atoms with van der Waals surface area (Å²) in [5.41, 5.74) is 0.830. The van der Waals surface area contributed by atoms with E-state index in [1.807, 2.05) is 13.1 Å². The van der Waals surface area contributed by atoms with Gasteiger partial charge in [-0.05, 0) is 32.2 Å². The number of piperidine rings is 1. The molecule has 2 saturated heterocycles. The van der Waals surface area contributed by atoms with E-state index in [2.05, 4.69) is 23.9 Å². The van der Waals surface area contributed by atoms with Crippen LogP contribution in [0.5, 0.6) is 0 Å². The summed E-state index contributed by atoms with van der Waals surface area (Å²) in [4.78, 5) is 17.2. The van der Waals surface area contributed by atoms with E-state index < -0.39 is 0 Å². The SMILES string of the molecule is CC(C)c1cc(CN(C)C(=O)[C@H]2CCCN(C3CCOCC3)C2)no1. The molecule has 0 radical (unpaired) electrons. The lowest BCUT2D eigenvalue weighted by Crippen LogP contribution is -2.48. The molecule has 2 aliphatic rings. The Morgan fingerprint density at radius 3 is 2.80 bits per heavy atom. The van der Waals surface area contributed by atoms with Crippen molar-refractivity contribution in [2.45, 2.75) is 58.0 Å². The standard InChI is InChI=1S/C19H31N3O3/c1-14(2)18-11-16(20-25-18)13-21(3)19(23)15-5-4-8-22(12-15)17-6-9-24-10-7-17/h11,14-15,17H,4-10,12-13H2,1-3H3/t15-/m0/s1. The van der Waals surface area contributed by atoms with Crippen LogP contribution in [-0.4, -0.2) is 60.3 Å². The Morgan fingerprint density at radius 1 is 1.36 bits per heavy atom. The van der Waals surface area contributed by atoms with E-state index in [1.54, 1.807) is 4.90 Å². The van der Waals surface area contributed by atoms with Crippen LogP contribution in [0.2, 0.25) is 0 Å². The Morgan fingerprint density at radius 2 is 2.12 bits per heavy atom. The van der Waals surface area contributed by atoms with E-state index in [4.69, 9.17) is 9.26 Å². The van der Waals surface area contributed by atoms with E-state index >= 15 is 0 Å². The molecule has 0 unspecified atom stereocenters. The zero-order valence-electron chi connectivity index (χ0n) is 15.7. The molecular formula is C19H31N3O3. The van der Waals surface area contributed by atoms with Crippen LogP contribution in [0.1, 0.15) is 56.9 Å². The minimum Gasteiger partial charge on any atom is -0.381 e. The zero-order chi connectivity index (χ0) is 17.8. The molecule has 0 bridgehead atoms. The lowest BCUT2D eigenvalue weighted by Gasteiger charge is -2.40. The molecule has 2 aliphatic heterocycles. The number of rotatable bonds is 5. The fraction of sp³-hybridized carbons (Fsp3) is 0.789. The molecule has 25 heavy (non-hydrogen) atoms. The topological polar surface area (TPSA) is 58.8 Å². The maximum atomic E-state index is 12.9. The van der Waals surface area contributed by atoms with Crippen molar-refractivity contribution in [1.29, 1.82) is 0 Å². The highest BCUT2D eigenvalue weighted by molar-refractivity contribution is 5.78. The Hall–Kier alpha value is -1.40. The summed E-state index contributed by atoms with van der Waals surface area (Å²) in [5.74, 6) is 1.51. The van der Waals surface area contributed by atoms with Gasteiger partial charge in [0.1, 0.15) is 11.5 Å². The van der Waals surface area contributed by atoms with Gasteiger partial charge in [-0.2, -0.15) is 0 Å². The van der Waals surface area contributed by atoms with Crippen molar-refractivity contribution in [1.82, 2.24) is 15.0 Å². The monoisotopic (exact) mass is 349 g/mol. The molecule has 3 heterocycles. The summed E-state index contributed by atoms with van der Waals surface area (Å²) in [7, 11) is 1.87. The van der Waals surface area contributed by atoms with Gasteiger partial charge in [0.05, 0.1) is 12.5 Å². The first-order valence-corrected chi connectivity index (χ1v) is 9.57. The molecular weight excluding hydrogens is 318 g/mol. The second kappa shape index (κ2) is 8.32. The molecule has 6 heteroatoms. The van der Waals surface area contributed by atoms with Crippen LogP contribution in [0.3, 0.4) is 0 Å². The first-order valence-electron chi connectivity index (χ1n) is 9.57. The van der Waals surface area contributed by atoms with Crippen LogP contribution in [0.25, 0.3) is 0 Å². The summed E-state index contributed by atoms with van der Waals surface area (Å²) in [5, 5.41) is 4.10. The van der Waals surface area contributed by atoms with Crippen LogP contribution in [0.15, 0.2) is 10.6 Å². The largest absolute Gasteiger partial charge is 0.381 e. The van der Waals surface area contributed by atoms with Gasteiger partial charge in [0.25, 0.3) is 0 Å². The first-order chi connectivity index (χ1) is 12.0. The van der Waals surface area contributed by atoms with Gasteiger partial charge in [0.2, 0.25) is 5.91 Å². The molecule has 3 rings (SSSR count). The number of carbonyl (C=O) groups is 1. The summed E-state index contributed by atoms with van der Waals surface area (Å²) in [6.45, 7) is 8.36. The number of carbonyl (C=O) groups excluding carboxylic acids is 1. The van der Waals surface area contributed by atoms with Crippen molar-refractivity contribution in [3.63, 3.8) is 0 Å². The van der Waals surface area contributed by atoms with Gasteiger partial charge in [-0.25, -0.2) is 0 Å². The number of hydrogen-bond donors (Lipinski definition) is 0. The minimum atomic E-state index is 0.0954. The minimum absolute atomic E-state index is 0.0954. The maximum absolute atomic E-state index is 12.9. The summed E-state index contributed by atoms with van der Waals surface area (Å²) >= 11 is 0. The molecule has 1 aromatic heterocycles. The fourth-order valence-electron chi connectivity index (χ4n) is 3.90. The zero-order valence-corrected chi connectivity index (χ0v) is 15.7.